The number of nitrogens with zero attached hydrogens (tertiary/aromatic N) is 1. The molecule has 2 aromatic rings. The molecule has 0 spiro atoms. The van der Waals surface area contributed by atoms with Gasteiger partial charge in [0.15, 0.2) is 9.84 Å². The van der Waals surface area contributed by atoms with E-state index < -0.39 is 21.5 Å². The SMILES string of the molecule is CC(C)(C)OC(=O)NC[C@@H]1CCCN(c2c(N)ccc(Oc3ccccc3)c2S(C)(=O)=O)C1. The van der Waals surface area contributed by atoms with Gasteiger partial charge in [0.25, 0.3) is 0 Å². The fourth-order valence-electron chi connectivity index (χ4n) is 3.92. The summed E-state index contributed by atoms with van der Waals surface area (Å²) in [6.45, 7) is 7.08. The largest absolute Gasteiger partial charge is 0.456 e. The third-order valence-electron chi connectivity index (χ3n) is 5.24. The minimum Gasteiger partial charge on any atom is -0.456 e. The van der Waals surface area contributed by atoms with Crippen molar-refractivity contribution < 1.29 is 22.7 Å². The lowest BCUT2D eigenvalue weighted by molar-refractivity contribution is 0.0517. The van der Waals surface area contributed by atoms with Crippen molar-refractivity contribution in [3.05, 3.63) is 42.5 Å². The Hall–Kier alpha value is -2.94. The van der Waals surface area contributed by atoms with E-state index in [0.717, 1.165) is 19.1 Å². The maximum Gasteiger partial charge on any atom is 0.407 e. The molecule has 1 aliphatic heterocycles. The number of hydrogen-bond acceptors (Lipinski definition) is 7. The summed E-state index contributed by atoms with van der Waals surface area (Å²) in [5.41, 5.74) is 6.55. The summed E-state index contributed by atoms with van der Waals surface area (Å²) in [5, 5.41) is 2.82. The summed E-state index contributed by atoms with van der Waals surface area (Å²) >= 11 is 0. The monoisotopic (exact) mass is 475 g/mol. The van der Waals surface area contributed by atoms with E-state index in [0.29, 0.717) is 36.8 Å². The van der Waals surface area contributed by atoms with Crippen molar-refractivity contribution in [3.63, 3.8) is 0 Å². The van der Waals surface area contributed by atoms with Crippen molar-refractivity contribution >= 4 is 27.3 Å². The van der Waals surface area contributed by atoms with Gasteiger partial charge < -0.3 is 25.4 Å². The number of nitrogens with one attached hydrogen (secondary N) is 1. The Balaban J connectivity index is 1.85. The van der Waals surface area contributed by atoms with Crippen LogP contribution in [0.2, 0.25) is 0 Å². The van der Waals surface area contributed by atoms with Crippen molar-refractivity contribution in [1.82, 2.24) is 5.32 Å². The van der Waals surface area contributed by atoms with Gasteiger partial charge in [-0.1, -0.05) is 18.2 Å². The van der Waals surface area contributed by atoms with Crippen LogP contribution < -0.4 is 20.7 Å². The summed E-state index contributed by atoms with van der Waals surface area (Å²) < 4.78 is 37.0. The van der Waals surface area contributed by atoms with Crippen LogP contribution in [-0.2, 0) is 14.6 Å². The number of benzene rings is 2. The molecule has 1 amide bonds. The zero-order chi connectivity index (χ0) is 24.2. The van der Waals surface area contributed by atoms with Gasteiger partial charge in [0.1, 0.15) is 22.0 Å². The first-order chi connectivity index (χ1) is 15.4. The van der Waals surface area contributed by atoms with Gasteiger partial charge in [-0.25, -0.2) is 13.2 Å². The van der Waals surface area contributed by atoms with E-state index in [9.17, 15) is 13.2 Å². The van der Waals surface area contributed by atoms with E-state index in [2.05, 4.69) is 5.32 Å². The number of carbonyl (C=O) groups excluding carboxylic acids is 1. The molecule has 3 rings (SSSR count). The molecule has 1 saturated heterocycles. The summed E-state index contributed by atoms with van der Waals surface area (Å²) in [6.07, 6.45) is 2.44. The first kappa shape index (κ1) is 24.7. The molecule has 33 heavy (non-hydrogen) atoms. The van der Waals surface area contributed by atoms with Gasteiger partial charge in [-0.15, -0.1) is 0 Å². The number of para-hydroxylation sites is 1. The molecule has 0 aromatic heterocycles. The minimum absolute atomic E-state index is 0.0760. The number of amides is 1. The first-order valence-corrected chi connectivity index (χ1v) is 12.9. The molecule has 1 aliphatic rings. The van der Waals surface area contributed by atoms with Crippen LogP contribution in [0.1, 0.15) is 33.6 Å². The highest BCUT2D eigenvalue weighted by Gasteiger charge is 2.30. The number of alkyl carbamates (subject to hydrolysis) is 1. The number of anilines is 2. The van der Waals surface area contributed by atoms with Gasteiger partial charge >= 0.3 is 6.09 Å². The van der Waals surface area contributed by atoms with E-state index in [1.807, 2.05) is 43.9 Å². The Morgan fingerprint density at radius 3 is 2.52 bits per heavy atom. The summed E-state index contributed by atoms with van der Waals surface area (Å²) in [4.78, 5) is 14.1. The topological polar surface area (TPSA) is 111 Å². The van der Waals surface area contributed by atoms with Gasteiger partial charge in [-0.3, -0.25) is 0 Å². The van der Waals surface area contributed by atoms with Crippen LogP contribution >= 0.6 is 0 Å². The predicted molar refractivity (Wildman–Crippen MR) is 130 cm³/mol. The Bertz CT molecular complexity index is 1080. The van der Waals surface area contributed by atoms with Crippen LogP contribution in [0.3, 0.4) is 0 Å². The number of hydrogen-bond donors (Lipinski definition) is 2. The lowest BCUT2D eigenvalue weighted by atomic mass is 9.97. The van der Waals surface area contributed by atoms with Gasteiger partial charge in [0.05, 0.1) is 11.4 Å². The van der Waals surface area contributed by atoms with Crippen LogP contribution in [0, 0.1) is 5.92 Å². The van der Waals surface area contributed by atoms with Crippen molar-refractivity contribution in [2.24, 2.45) is 5.92 Å². The van der Waals surface area contributed by atoms with E-state index in [4.69, 9.17) is 15.2 Å². The smallest absolute Gasteiger partial charge is 0.407 e. The maximum absolute atomic E-state index is 12.9. The second-order valence-corrected chi connectivity index (χ2v) is 11.3. The van der Waals surface area contributed by atoms with Crippen LogP contribution in [0.5, 0.6) is 11.5 Å². The average molecular weight is 476 g/mol. The van der Waals surface area contributed by atoms with Crippen molar-refractivity contribution in [3.8, 4) is 11.5 Å². The average Bonchev–Trinajstić information content (AvgIpc) is 2.72. The van der Waals surface area contributed by atoms with E-state index >= 15 is 0 Å². The van der Waals surface area contributed by atoms with Gasteiger partial charge in [0, 0.05) is 25.9 Å². The third-order valence-corrected chi connectivity index (χ3v) is 6.37. The summed E-state index contributed by atoms with van der Waals surface area (Å²) in [7, 11) is -3.66. The van der Waals surface area contributed by atoms with Crippen LogP contribution in [0.15, 0.2) is 47.4 Å². The van der Waals surface area contributed by atoms with Crippen LogP contribution in [0.4, 0.5) is 16.2 Å². The fraction of sp³-hybridized carbons (Fsp3) is 0.458. The molecular weight excluding hydrogens is 442 g/mol. The number of rotatable bonds is 6. The molecule has 0 unspecified atom stereocenters. The van der Waals surface area contributed by atoms with E-state index in [1.165, 1.54) is 0 Å². The Morgan fingerprint density at radius 1 is 1.18 bits per heavy atom. The molecule has 0 saturated carbocycles. The third kappa shape index (κ3) is 6.77. The second kappa shape index (κ2) is 9.91. The zero-order valence-electron chi connectivity index (χ0n) is 19.6. The highest BCUT2D eigenvalue weighted by atomic mass is 32.2. The summed E-state index contributed by atoms with van der Waals surface area (Å²) in [6, 6.07) is 12.3. The first-order valence-electron chi connectivity index (χ1n) is 11.0. The molecule has 3 N–H and O–H groups in total. The molecule has 1 fully saturated rings. The van der Waals surface area contributed by atoms with Gasteiger partial charge in [-0.05, 0) is 63.8 Å². The number of sulfone groups is 1. The highest BCUT2D eigenvalue weighted by Crippen LogP contribution is 2.41. The Labute approximate surface area is 196 Å². The van der Waals surface area contributed by atoms with Gasteiger partial charge in [-0.2, -0.15) is 0 Å². The molecule has 9 heteroatoms. The molecule has 8 nitrogen and oxygen atoms in total. The second-order valence-electron chi connectivity index (χ2n) is 9.35. The Kier molecular flexibility index (Phi) is 7.41. The van der Waals surface area contributed by atoms with E-state index in [-0.39, 0.29) is 16.6 Å². The van der Waals surface area contributed by atoms with Crippen molar-refractivity contribution in [2.45, 2.75) is 44.1 Å². The fourth-order valence-corrected chi connectivity index (χ4v) is 5.00. The minimum atomic E-state index is -3.66. The van der Waals surface area contributed by atoms with Crippen molar-refractivity contribution in [2.75, 3.05) is 36.5 Å². The number of piperidine rings is 1. The van der Waals surface area contributed by atoms with Crippen LogP contribution in [0.25, 0.3) is 0 Å². The molecule has 180 valence electrons. The molecule has 1 heterocycles. The maximum atomic E-state index is 12.9. The molecule has 0 radical (unpaired) electrons. The molecule has 2 aromatic carbocycles. The summed E-state index contributed by atoms with van der Waals surface area (Å²) in [5.74, 6) is 0.898. The lowest BCUT2D eigenvalue weighted by Crippen LogP contribution is -2.42. The molecule has 0 aliphatic carbocycles. The molecule has 0 bridgehead atoms. The number of nitrogens with two attached hydrogens (primary N) is 1. The highest BCUT2D eigenvalue weighted by molar-refractivity contribution is 7.91. The molecular formula is C24H33N3O5S. The van der Waals surface area contributed by atoms with E-state index in [1.54, 1.807) is 24.3 Å². The van der Waals surface area contributed by atoms with Crippen LogP contribution in [-0.4, -0.2) is 46.0 Å². The van der Waals surface area contributed by atoms with Gasteiger partial charge in [0.2, 0.25) is 0 Å². The number of nitrogen functional groups attached to an aromatic ring is 1. The number of carbonyl (C=O) groups is 1. The molecule has 1 atom stereocenters. The lowest BCUT2D eigenvalue weighted by Gasteiger charge is -2.36. The quantitative estimate of drug-likeness (QED) is 0.602. The Morgan fingerprint density at radius 2 is 1.88 bits per heavy atom. The number of ether oxygens (including phenoxy) is 2. The standard InChI is InChI=1S/C24H33N3O5S/c1-24(2,3)32-23(28)26-15-17-9-8-14-27(16-17)21-19(25)12-13-20(22(21)33(4,29)30)31-18-10-6-5-7-11-18/h5-7,10-13,17H,8-9,14-16,25H2,1-4H3,(H,26,28)/t17-/m0/s1. The predicted octanol–water partition coefficient (Wildman–Crippen LogP) is 4.21. The van der Waals surface area contributed by atoms with Crippen molar-refractivity contribution in [1.29, 1.82) is 0 Å². The zero-order valence-corrected chi connectivity index (χ0v) is 20.4. The normalized spacial score (nSPS) is 16.8.